The molecular weight excluding hydrogens is 248 g/mol. The maximum absolute atomic E-state index is 12.5. The molecule has 2 atom stereocenters. The molecule has 0 amide bonds. The zero-order valence-electron chi connectivity index (χ0n) is 11.4. The zero-order chi connectivity index (χ0) is 13.6. The van der Waals surface area contributed by atoms with Crippen molar-refractivity contribution < 1.29 is 24.1 Å². The van der Waals surface area contributed by atoms with Gasteiger partial charge in [-0.25, -0.2) is 0 Å². The van der Waals surface area contributed by atoms with E-state index in [2.05, 4.69) is 0 Å². The highest BCUT2D eigenvalue weighted by atomic mass is 16.6. The van der Waals surface area contributed by atoms with E-state index >= 15 is 0 Å². The van der Waals surface area contributed by atoms with Gasteiger partial charge in [0.25, 0.3) is 0 Å². The summed E-state index contributed by atoms with van der Waals surface area (Å²) in [6, 6.07) is 0. The first-order valence-electron chi connectivity index (χ1n) is 7.09. The molecule has 19 heavy (non-hydrogen) atoms. The molecule has 2 saturated heterocycles. The van der Waals surface area contributed by atoms with Gasteiger partial charge in [-0.3, -0.25) is 4.79 Å². The molecule has 5 heteroatoms. The maximum Gasteiger partial charge on any atom is 0.314 e. The molecule has 3 fully saturated rings. The Labute approximate surface area is 113 Å². The van der Waals surface area contributed by atoms with Gasteiger partial charge in [0.05, 0.1) is 30.3 Å². The van der Waals surface area contributed by atoms with E-state index in [1.807, 2.05) is 0 Å². The van der Waals surface area contributed by atoms with Gasteiger partial charge in [-0.2, -0.15) is 0 Å². The predicted octanol–water partition coefficient (Wildman–Crippen LogP) is 1.03. The van der Waals surface area contributed by atoms with Gasteiger partial charge in [0, 0.05) is 26.1 Å². The number of hydrogen-bond acceptors (Lipinski definition) is 5. The lowest BCUT2D eigenvalue weighted by Crippen LogP contribution is -2.53. The number of esters is 1. The fourth-order valence-corrected chi connectivity index (χ4v) is 4.43. The van der Waals surface area contributed by atoms with Crippen LogP contribution in [0.2, 0.25) is 0 Å². The molecule has 0 aromatic carbocycles. The molecule has 1 aliphatic carbocycles. The van der Waals surface area contributed by atoms with Gasteiger partial charge in [-0.1, -0.05) is 0 Å². The Hall–Kier alpha value is -0.650. The molecule has 0 unspecified atom stereocenters. The number of aliphatic hydroxyl groups excluding tert-OH is 1. The molecule has 2 bridgehead atoms. The third-order valence-electron chi connectivity index (χ3n) is 5.31. The van der Waals surface area contributed by atoms with Crippen molar-refractivity contribution in [2.45, 2.75) is 49.7 Å². The first-order chi connectivity index (χ1) is 9.12. The summed E-state index contributed by atoms with van der Waals surface area (Å²) >= 11 is 0. The van der Waals surface area contributed by atoms with Gasteiger partial charge in [0.2, 0.25) is 0 Å². The summed E-state index contributed by atoms with van der Waals surface area (Å²) in [6.07, 6.45) is 4.53. The van der Waals surface area contributed by atoms with Crippen molar-refractivity contribution in [2.24, 2.45) is 5.41 Å². The van der Waals surface area contributed by atoms with Crippen molar-refractivity contribution in [1.29, 1.82) is 0 Å². The van der Waals surface area contributed by atoms with Crippen molar-refractivity contribution in [3.05, 3.63) is 0 Å². The summed E-state index contributed by atoms with van der Waals surface area (Å²) in [6.45, 7) is 1.20. The summed E-state index contributed by atoms with van der Waals surface area (Å²) in [7, 11) is 1.44. The van der Waals surface area contributed by atoms with E-state index in [0.717, 1.165) is 19.3 Å². The van der Waals surface area contributed by atoms with Gasteiger partial charge < -0.3 is 19.3 Å². The van der Waals surface area contributed by atoms with E-state index in [4.69, 9.17) is 14.2 Å². The zero-order valence-corrected chi connectivity index (χ0v) is 11.4. The van der Waals surface area contributed by atoms with E-state index < -0.39 is 16.6 Å². The Morgan fingerprint density at radius 1 is 1.26 bits per heavy atom. The average Bonchev–Trinajstić information content (AvgIpc) is 2.65. The second kappa shape index (κ2) is 4.43. The van der Waals surface area contributed by atoms with E-state index in [0.29, 0.717) is 32.5 Å². The monoisotopic (exact) mass is 270 g/mol. The smallest absolute Gasteiger partial charge is 0.314 e. The van der Waals surface area contributed by atoms with E-state index in [1.54, 1.807) is 0 Å². The Balaban J connectivity index is 2.03. The van der Waals surface area contributed by atoms with Crippen LogP contribution in [0.4, 0.5) is 0 Å². The minimum Gasteiger partial charge on any atom is -0.469 e. The van der Waals surface area contributed by atoms with Crippen LogP contribution in [0.5, 0.6) is 0 Å². The first kappa shape index (κ1) is 13.3. The van der Waals surface area contributed by atoms with Crippen LogP contribution < -0.4 is 0 Å². The Morgan fingerprint density at radius 3 is 2.63 bits per heavy atom. The van der Waals surface area contributed by atoms with Crippen molar-refractivity contribution in [3.63, 3.8) is 0 Å². The molecule has 0 aromatic rings. The minimum atomic E-state index is -0.591. The van der Waals surface area contributed by atoms with Gasteiger partial charge in [0.15, 0.2) is 0 Å². The summed E-state index contributed by atoms with van der Waals surface area (Å²) in [5.41, 5.74) is -1.64. The van der Waals surface area contributed by atoms with Crippen LogP contribution in [0.25, 0.3) is 0 Å². The van der Waals surface area contributed by atoms with Crippen LogP contribution >= 0.6 is 0 Å². The highest BCUT2D eigenvalue weighted by molar-refractivity contribution is 5.79. The van der Waals surface area contributed by atoms with Gasteiger partial charge in [-0.15, -0.1) is 0 Å². The van der Waals surface area contributed by atoms with E-state index in [9.17, 15) is 9.90 Å². The average molecular weight is 270 g/mol. The molecule has 3 rings (SSSR count). The summed E-state index contributed by atoms with van der Waals surface area (Å²) in [4.78, 5) is 12.5. The Morgan fingerprint density at radius 2 is 2.00 bits per heavy atom. The normalized spacial score (nSPS) is 40.3. The van der Waals surface area contributed by atoms with Crippen LogP contribution in [0.15, 0.2) is 0 Å². The van der Waals surface area contributed by atoms with Crippen molar-refractivity contribution in [3.8, 4) is 0 Å². The topological polar surface area (TPSA) is 65.0 Å². The van der Waals surface area contributed by atoms with Gasteiger partial charge >= 0.3 is 5.97 Å². The predicted molar refractivity (Wildman–Crippen MR) is 66.6 cm³/mol. The number of fused-ring (bicyclic) bond motifs is 3. The number of aliphatic hydroxyl groups is 1. The van der Waals surface area contributed by atoms with E-state index in [-0.39, 0.29) is 12.6 Å². The molecule has 1 spiro atoms. The summed E-state index contributed by atoms with van der Waals surface area (Å²) in [5.74, 6) is -0.176. The number of carbonyl (C=O) groups is 1. The maximum atomic E-state index is 12.5. The van der Waals surface area contributed by atoms with Crippen molar-refractivity contribution in [1.82, 2.24) is 0 Å². The number of methoxy groups -OCH3 is 1. The molecule has 0 radical (unpaired) electrons. The number of hydrogen-bond donors (Lipinski definition) is 1. The van der Waals surface area contributed by atoms with Crippen molar-refractivity contribution >= 4 is 5.97 Å². The van der Waals surface area contributed by atoms with Crippen LogP contribution in [0.3, 0.4) is 0 Å². The summed E-state index contributed by atoms with van der Waals surface area (Å²) in [5, 5.41) is 9.74. The molecule has 108 valence electrons. The fourth-order valence-electron chi connectivity index (χ4n) is 4.43. The van der Waals surface area contributed by atoms with Crippen LogP contribution in [-0.4, -0.2) is 49.2 Å². The second-order valence-electron chi connectivity index (χ2n) is 6.15. The largest absolute Gasteiger partial charge is 0.469 e. The standard InChI is InChI=1S/C14H22O5/c1-17-11(16)13-4-2-3-12(9-13,10-15)19-14(13)5-7-18-8-6-14/h15H,2-10H2,1H3/t12-,13+/m1/s1. The second-order valence-corrected chi connectivity index (χ2v) is 6.15. The molecule has 1 N–H and O–H groups in total. The van der Waals surface area contributed by atoms with E-state index in [1.165, 1.54) is 7.11 Å². The molecule has 3 aliphatic rings. The highest BCUT2D eigenvalue weighted by Gasteiger charge is 2.70. The third-order valence-corrected chi connectivity index (χ3v) is 5.31. The number of rotatable bonds is 2. The molecule has 2 heterocycles. The van der Waals surface area contributed by atoms with Crippen LogP contribution in [0.1, 0.15) is 38.5 Å². The first-order valence-corrected chi connectivity index (χ1v) is 7.09. The third kappa shape index (κ3) is 1.68. The summed E-state index contributed by atoms with van der Waals surface area (Å²) < 4.78 is 16.9. The fraction of sp³-hybridized carbons (Fsp3) is 0.929. The molecule has 1 saturated carbocycles. The number of ether oxygens (including phenoxy) is 3. The molecular formula is C14H22O5. The minimum absolute atomic E-state index is 0.0195. The highest BCUT2D eigenvalue weighted by Crippen LogP contribution is 2.62. The van der Waals surface area contributed by atoms with Crippen LogP contribution in [0, 0.1) is 5.41 Å². The molecule has 5 nitrogen and oxygen atoms in total. The molecule has 2 aliphatic heterocycles. The lowest BCUT2D eigenvalue weighted by Gasteiger charge is -2.44. The van der Waals surface area contributed by atoms with Crippen molar-refractivity contribution in [2.75, 3.05) is 26.9 Å². The number of carbonyl (C=O) groups excluding carboxylic acids is 1. The van der Waals surface area contributed by atoms with Gasteiger partial charge in [0.1, 0.15) is 0 Å². The molecule has 0 aromatic heterocycles. The van der Waals surface area contributed by atoms with Crippen LogP contribution in [-0.2, 0) is 19.0 Å². The lowest BCUT2D eigenvalue weighted by molar-refractivity contribution is -0.189. The Bertz CT molecular complexity index is 376. The van der Waals surface area contributed by atoms with Gasteiger partial charge in [-0.05, 0) is 25.7 Å². The quantitative estimate of drug-likeness (QED) is 0.759. The Kier molecular flexibility index (Phi) is 3.11. The SMILES string of the molecule is COC(=O)[C@]12CCC[C@](CO)(C1)OC21CCOCC1. The lowest BCUT2D eigenvalue weighted by atomic mass is 9.60.